The highest BCUT2D eigenvalue weighted by molar-refractivity contribution is 6.30. The Morgan fingerprint density at radius 2 is 1.81 bits per heavy atom. The maximum atomic E-state index is 13.6. The summed E-state index contributed by atoms with van der Waals surface area (Å²) >= 11 is 6.10. The lowest BCUT2D eigenvalue weighted by Gasteiger charge is -2.22. The van der Waals surface area contributed by atoms with Crippen LogP contribution in [-0.4, -0.2) is 30.4 Å². The summed E-state index contributed by atoms with van der Waals surface area (Å²) < 4.78 is 4.57. The Balaban J connectivity index is 1.64. The van der Waals surface area contributed by atoms with Crippen LogP contribution >= 0.6 is 11.6 Å². The molecule has 36 heavy (non-hydrogen) atoms. The summed E-state index contributed by atoms with van der Waals surface area (Å²) in [6, 6.07) is 18.0. The summed E-state index contributed by atoms with van der Waals surface area (Å²) in [6.45, 7) is 0.481. The number of aliphatic hydroxyl groups is 1. The molecule has 2 aromatic heterocycles. The van der Waals surface area contributed by atoms with Gasteiger partial charge in [0.2, 0.25) is 0 Å². The molecule has 2 heterocycles. The van der Waals surface area contributed by atoms with Gasteiger partial charge in [0, 0.05) is 31.8 Å². The minimum atomic E-state index is -0.426. The molecule has 0 amide bonds. The predicted octanol–water partition coefficient (Wildman–Crippen LogP) is 4.33. The van der Waals surface area contributed by atoms with Crippen molar-refractivity contribution >= 4 is 28.3 Å². The van der Waals surface area contributed by atoms with Crippen LogP contribution < -0.4 is 11.2 Å². The number of hydrogen-bond donors (Lipinski definition) is 1. The molecule has 2 aromatic carbocycles. The predicted molar refractivity (Wildman–Crippen MR) is 143 cm³/mol. The largest absolute Gasteiger partial charge is 0.396 e. The van der Waals surface area contributed by atoms with Crippen LogP contribution in [0.3, 0.4) is 0 Å². The van der Waals surface area contributed by atoms with Gasteiger partial charge < -0.3 is 9.67 Å². The summed E-state index contributed by atoms with van der Waals surface area (Å²) in [5, 5.41) is 9.93. The van der Waals surface area contributed by atoms with Gasteiger partial charge >= 0.3 is 5.69 Å². The number of aromatic nitrogens is 4. The second kappa shape index (κ2) is 10.3. The average Bonchev–Trinajstić information content (AvgIpc) is 3.29. The average molecular weight is 505 g/mol. The number of aryl methyl sites for hydroxylation is 1. The van der Waals surface area contributed by atoms with Crippen LogP contribution in [0.25, 0.3) is 16.7 Å². The molecule has 1 aliphatic carbocycles. The molecule has 1 aliphatic rings. The van der Waals surface area contributed by atoms with Gasteiger partial charge in [-0.2, -0.15) is 0 Å². The van der Waals surface area contributed by atoms with E-state index >= 15 is 0 Å². The maximum absolute atomic E-state index is 13.6. The highest BCUT2D eigenvalue weighted by Crippen LogP contribution is 2.36. The van der Waals surface area contributed by atoms with E-state index in [1.54, 1.807) is 7.05 Å². The fraction of sp³-hybridized carbons (Fsp3) is 0.321. The SMILES string of the molecule is Cn1c(=O)n(CCCO)c(=O)c2c1nc(C1=CCC(c3ccccc3)CC1)n2Cc1ccc(Cl)cc1. The van der Waals surface area contributed by atoms with Gasteiger partial charge in [-0.15, -0.1) is 0 Å². The van der Waals surface area contributed by atoms with Crippen molar-refractivity contribution in [2.24, 2.45) is 7.05 Å². The molecular weight excluding hydrogens is 476 g/mol. The van der Waals surface area contributed by atoms with Crippen LogP contribution in [0.5, 0.6) is 0 Å². The Hall–Kier alpha value is -3.42. The summed E-state index contributed by atoms with van der Waals surface area (Å²) in [5.74, 6) is 1.17. The molecule has 0 spiro atoms. The molecule has 0 aliphatic heterocycles. The first-order chi connectivity index (χ1) is 17.5. The molecule has 186 valence electrons. The van der Waals surface area contributed by atoms with Crippen LogP contribution in [0, 0.1) is 0 Å². The molecule has 4 aromatic rings. The van der Waals surface area contributed by atoms with Crippen molar-refractivity contribution in [3.63, 3.8) is 0 Å². The van der Waals surface area contributed by atoms with Crippen molar-refractivity contribution in [3.8, 4) is 0 Å². The van der Waals surface area contributed by atoms with E-state index in [1.807, 2.05) is 34.9 Å². The zero-order chi connectivity index (χ0) is 25.2. The number of nitrogens with zero attached hydrogens (tertiary/aromatic N) is 4. The molecular formula is C28H29ClN4O3. The Bertz CT molecular complexity index is 1530. The van der Waals surface area contributed by atoms with Gasteiger partial charge in [-0.1, -0.05) is 60.1 Å². The van der Waals surface area contributed by atoms with Crippen molar-refractivity contribution in [2.45, 2.75) is 44.7 Å². The molecule has 1 N–H and O–H groups in total. The highest BCUT2D eigenvalue weighted by Gasteiger charge is 2.25. The molecule has 0 fully saturated rings. The van der Waals surface area contributed by atoms with Gasteiger partial charge in [-0.3, -0.25) is 13.9 Å². The Labute approximate surface area is 213 Å². The van der Waals surface area contributed by atoms with Gasteiger partial charge in [0.1, 0.15) is 5.82 Å². The third kappa shape index (κ3) is 4.56. The fourth-order valence-electron chi connectivity index (χ4n) is 5.03. The smallest absolute Gasteiger partial charge is 0.332 e. The number of fused-ring (bicyclic) bond motifs is 1. The van der Waals surface area contributed by atoms with Gasteiger partial charge in [0.05, 0.1) is 0 Å². The minimum Gasteiger partial charge on any atom is -0.396 e. The lowest BCUT2D eigenvalue weighted by atomic mass is 9.84. The van der Waals surface area contributed by atoms with Crippen molar-refractivity contribution in [2.75, 3.05) is 6.61 Å². The fourth-order valence-corrected chi connectivity index (χ4v) is 5.16. The van der Waals surface area contributed by atoms with Crippen LogP contribution in [0.2, 0.25) is 5.02 Å². The molecule has 7 nitrogen and oxygen atoms in total. The Morgan fingerprint density at radius 1 is 1.06 bits per heavy atom. The normalized spacial score (nSPS) is 15.9. The van der Waals surface area contributed by atoms with Crippen LogP contribution in [0.1, 0.15) is 48.6 Å². The number of rotatable bonds is 7. The molecule has 1 atom stereocenters. The van der Waals surface area contributed by atoms with Crippen LogP contribution in [-0.2, 0) is 20.1 Å². The number of halogens is 1. The Kier molecular flexibility index (Phi) is 6.94. The van der Waals surface area contributed by atoms with Crippen LogP contribution in [0.4, 0.5) is 0 Å². The maximum Gasteiger partial charge on any atom is 0.332 e. The molecule has 0 radical (unpaired) electrons. The molecule has 5 rings (SSSR count). The van der Waals surface area contributed by atoms with Crippen molar-refractivity contribution < 1.29 is 5.11 Å². The number of benzene rings is 2. The van der Waals surface area contributed by atoms with Gasteiger partial charge in [0.15, 0.2) is 11.2 Å². The molecule has 0 bridgehead atoms. The molecule has 8 heteroatoms. The van der Waals surface area contributed by atoms with E-state index < -0.39 is 5.69 Å². The lowest BCUT2D eigenvalue weighted by Crippen LogP contribution is -2.40. The third-order valence-electron chi connectivity index (χ3n) is 7.00. The zero-order valence-electron chi connectivity index (χ0n) is 20.2. The standard InChI is InChI=1S/C28H29ClN4O3/c1-31-26-24(27(35)32(28(31)36)16-5-17-34)33(18-19-8-14-23(29)15-9-19)25(30-26)22-12-10-21(11-13-22)20-6-3-2-4-7-20/h2-4,6-9,12,14-15,21,34H,5,10-11,13,16-18H2,1H3. The molecule has 0 saturated heterocycles. The van der Waals surface area contributed by atoms with Gasteiger partial charge in [0.25, 0.3) is 5.56 Å². The number of hydrogen-bond acceptors (Lipinski definition) is 4. The van der Waals surface area contributed by atoms with Gasteiger partial charge in [-0.05, 0) is 60.4 Å². The van der Waals surface area contributed by atoms with Crippen molar-refractivity contribution in [1.29, 1.82) is 0 Å². The minimum absolute atomic E-state index is 0.0988. The first kappa shape index (κ1) is 24.3. The second-order valence-corrected chi connectivity index (χ2v) is 9.74. The highest BCUT2D eigenvalue weighted by atomic mass is 35.5. The third-order valence-corrected chi connectivity index (χ3v) is 7.25. The lowest BCUT2D eigenvalue weighted by molar-refractivity contribution is 0.277. The van der Waals surface area contributed by atoms with Crippen LogP contribution in [0.15, 0.2) is 70.3 Å². The monoisotopic (exact) mass is 504 g/mol. The van der Waals surface area contributed by atoms with E-state index in [0.29, 0.717) is 35.1 Å². The molecule has 0 saturated carbocycles. The van der Waals surface area contributed by atoms with E-state index in [2.05, 4.69) is 30.3 Å². The van der Waals surface area contributed by atoms with E-state index in [0.717, 1.165) is 36.2 Å². The topological polar surface area (TPSA) is 82.0 Å². The van der Waals surface area contributed by atoms with E-state index in [9.17, 15) is 14.7 Å². The van der Waals surface area contributed by atoms with E-state index in [4.69, 9.17) is 16.6 Å². The summed E-state index contributed by atoms with van der Waals surface area (Å²) in [5.41, 5.74) is 3.36. The number of imidazole rings is 1. The van der Waals surface area contributed by atoms with E-state index in [1.165, 1.54) is 14.7 Å². The number of aliphatic hydroxyl groups excluding tert-OH is 1. The quantitative estimate of drug-likeness (QED) is 0.406. The van der Waals surface area contributed by atoms with E-state index in [-0.39, 0.29) is 18.7 Å². The molecule has 1 unspecified atom stereocenters. The first-order valence-corrected chi connectivity index (χ1v) is 12.7. The summed E-state index contributed by atoms with van der Waals surface area (Å²) in [7, 11) is 1.64. The van der Waals surface area contributed by atoms with Crippen molar-refractivity contribution in [1.82, 2.24) is 18.7 Å². The zero-order valence-corrected chi connectivity index (χ0v) is 21.0. The number of allylic oxidation sites excluding steroid dienone is 2. The Morgan fingerprint density at radius 3 is 2.47 bits per heavy atom. The summed E-state index contributed by atoms with van der Waals surface area (Å²) in [6.07, 6.45) is 5.26. The summed E-state index contributed by atoms with van der Waals surface area (Å²) in [4.78, 5) is 31.4. The van der Waals surface area contributed by atoms with Crippen molar-refractivity contribution in [3.05, 3.63) is 103 Å². The first-order valence-electron chi connectivity index (χ1n) is 12.3. The second-order valence-electron chi connectivity index (χ2n) is 9.31. The van der Waals surface area contributed by atoms with Gasteiger partial charge in [-0.25, -0.2) is 9.78 Å².